The van der Waals surface area contributed by atoms with Crippen molar-refractivity contribution in [3.05, 3.63) is 33.8 Å². The van der Waals surface area contributed by atoms with Gasteiger partial charge in [-0.25, -0.2) is 0 Å². The van der Waals surface area contributed by atoms with Gasteiger partial charge in [-0.05, 0) is 24.1 Å². The summed E-state index contributed by atoms with van der Waals surface area (Å²) in [4.78, 5) is 0. The molecule has 1 aromatic rings. The van der Waals surface area contributed by atoms with Crippen LogP contribution in [0.1, 0.15) is 5.56 Å². The molecule has 0 unspecified atom stereocenters. The van der Waals surface area contributed by atoms with Crippen LogP contribution in [0.4, 0.5) is 0 Å². The molecule has 0 saturated heterocycles. The second-order valence-electron chi connectivity index (χ2n) is 2.43. The summed E-state index contributed by atoms with van der Waals surface area (Å²) in [6.07, 6.45) is 0.781. The molecule has 0 radical (unpaired) electrons. The molecule has 12 heavy (non-hydrogen) atoms. The molecule has 0 bridgehead atoms. The van der Waals surface area contributed by atoms with E-state index in [1.807, 2.05) is 12.1 Å². The monoisotopic (exact) mass is 238 g/mol. The highest BCUT2D eigenvalue weighted by Gasteiger charge is 2.01. The van der Waals surface area contributed by atoms with Crippen LogP contribution in [-0.4, -0.2) is 4.58 Å². The minimum absolute atomic E-state index is 0.0437. The van der Waals surface area contributed by atoms with Gasteiger partial charge in [-0.1, -0.05) is 29.3 Å². The normalized spacial score (nSPS) is 10.8. The molecule has 4 heteroatoms. The van der Waals surface area contributed by atoms with E-state index in [0.717, 1.165) is 12.0 Å². The molecule has 0 aliphatic rings. The van der Waals surface area contributed by atoms with Crippen LogP contribution in [0.15, 0.2) is 18.2 Å². The van der Waals surface area contributed by atoms with Gasteiger partial charge in [-0.2, -0.15) is 25.3 Å². The molecule has 1 rings (SSSR count). The van der Waals surface area contributed by atoms with E-state index in [-0.39, 0.29) is 4.58 Å². The SMILES string of the molecule is SC(S)Cc1ccc(Cl)c(Cl)c1. The van der Waals surface area contributed by atoms with Gasteiger partial charge in [0.1, 0.15) is 0 Å². The Morgan fingerprint density at radius 2 is 1.83 bits per heavy atom. The third-order valence-electron chi connectivity index (χ3n) is 1.40. The Kier molecular flexibility index (Phi) is 4.11. The Hall–Kier alpha value is 0.500. The predicted octanol–water partition coefficient (Wildman–Crippen LogP) is 3.72. The minimum Gasteiger partial charge on any atom is -0.165 e. The molecule has 0 spiro atoms. The maximum Gasteiger partial charge on any atom is 0.0595 e. The topological polar surface area (TPSA) is 0 Å². The second-order valence-corrected chi connectivity index (χ2v) is 4.90. The van der Waals surface area contributed by atoms with Crippen LogP contribution in [0, 0.1) is 0 Å². The predicted molar refractivity (Wildman–Crippen MR) is 61.9 cm³/mol. The number of halogens is 2. The van der Waals surface area contributed by atoms with Gasteiger partial charge in [0.05, 0.1) is 10.0 Å². The highest BCUT2D eigenvalue weighted by atomic mass is 35.5. The number of rotatable bonds is 2. The average molecular weight is 239 g/mol. The Labute approximate surface area is 93.1 Å². The fourth-order valence-electron chi connectivity index (χ4n) is 0.877. The lowest BCUT2D eigenvalue weighted by Crippen LogP contribution is -1.93. The minimum atomic E-state index is 0.0437. The first-order valence-electron chi connectivity index (χ1n) is 3.39. The summed E-state index contributed by atoms with van der Waals surface area (Å²) in [7, 11) is 0. The molecule has 0 atom stereocenters. The first kappa shape index (κ1) is 10.6. The van der Waals surface area contributed by atoms with Crippen molar-refractivity contribution in [2.24, 2.45) is 0 Å². The maximum absolute atomic E-state index is 5.82. The fourth-order valence-corrected chi connectivity index (χ4v) is 1.62. The van der Waals surface area contributed by atoms with Crippen molar-refractivity contribution in [1.82, 2.24) is 0 Å². The number of hydrogen-bond donors (Lipinski definition) is 2. The molecule has 0 aliphatic heterocycles. The molecule has 0 fully saturated rings. The summed E-state index contributed by atoms with van der Waals surface area (Å²) < 4.78 is 0.0437. The lowest BCUT2D eigenvalue weighted by atomic mass is 10.2. The van der Waals surface area contributed by atoms with E-state index < -0.39 is 0 Å². The molecule has 0 aromatic heterocycles. The molecule has 0 nitrogen and oxygen atoms in total. The molecular formula is C8H8Cl2S2. The quantitative estimate of drug-likeness (QED) is 0.570. The van der Waals surface area contributed by atoms with E-state index in [0.29, 0.717) is 10.0 Å². The molecule has 66 valence electrons. The largest absolute Gasteiger partial charge is 0.165 e. The smallest absolute Gasteiger partial charge is 0.0595 e. The number of hydrogen-bond acceptors (Lipinski definition) is 2. The van der Waals surface area contributed by atoms with Crippen LogP contribution in [0.3, 0.4) is 0 Å². The van der Waals surface area contributed by atoms with Gasteiger partial charge >= 0.3 is 0 Å². The van der Waals surface area contributed by atoms with Crippen LogP contribution < -0.4 is 0 Å². The van der Waals surface area contributed by atoms with Crippen LogP contribution in [0.25, 0.3) is 0 Å². The molecule has 0 heterocycles. The summed E-state index contributed by atoms with van der Waals surface area (Å²) in [5.74, 6) is 0. The zero-order valence-electron chi connectivity index (χ0n) is 6.17. The molecule has 0 amide bonds. The van der Waals surface area contributed by atoms with Gasteiger partial charge in [-0.3, -0.25) is 0 Å². The van der Waals surface area contributed by atoms with E-state index in [1.54, 1.807) is 6.07 Å². The molecule has 0 aliphatic carbocycles. The van der Waals surface area contributed by atoms with Crippen molar-refractivity contribution in [2.45, 2.75) is 11.0 Å². The van der Waals surface area contributed by atoms with Crippen LogP contribution >= 0.6 is 48.5 Å². The summed E-state index contributed by atoms with van der Waals surface area (Å²) >= 11 is 19.9. The Bertz CT molecular complexity index is 274. The molecule has 0 saturated carbocycles. The van der Waals surface area contributed by atoms with Gasteiger partial charge in [0, 0.05) is 4.58 Å². The average Bonchev–Trinajstić information content (AvgIpc) is 1.96. The van der Waals surface area contributed by atoms with Crippen molar-refractivity contribution in [2.75, 3.05) is 0 Å². The molecule has 0 N–H and O–H groups in total. The molecule has 1 aromatic carbocycles. The second kappa shape index (κ2) is 4.66. The summed E-state index contributed by atoms with van der Waals surface area (Å²) in [5, 5.41) is 1.16. The summed E-state index contributed by atoms with van der Waals surface area (Å²) in [6, 6.07) is 5.54. The highest BCUT2D eigenvalue weighted by Crippen LogP contribution is 2.23. The van der Waals surface area contributed by atoms with E-state index in [1.165, 1.54) is 0 Å². The fraction of sp³-hybridized carbons (Fsp3) is 0.250. The van der Waals surface area contributed by atoms with Crippen LogP contribution in [0.5, 0.6) is 0 Å². The third-order valence-corrected chi connectivity index (χ3v) is 2.51. The zero-order chi connectivity index (χ0) is 9.14. The van der Waals surface area contributed by atoms with E-state index in [2.05, 4.69) is 25.3 Å². The first-order chi connectivity index (χ1) is 5.59. The van der Waals surface area contributed by atoms with Crippen molar-refractivity contribution in [3.8, 4) is 0 Å². The van der Waals surface area contributed by atoms with Gasteiger partial charge in [0.2, 0.25) is 0 Å². The van der Waals surface area contributed by atoms with E-state index in [9.17, 15) is 0 Å². The van der Waals surface area contributed by atoms with E-state index in [4.69, 9.17) is 23.2 Å². The highest BCUT2D eigenvalue weighted by molar-refractivity contribution is 7.99. The number of thiol groups is 2. The summed E-state index contributed by atoms with van der Waals surface area (Å²) in [6.45, 7) is 0. The van der Waals surface area contributed by atoms with E-state index >= 15 is 0 Å². The Morgan fingerprint density at radius 3 is 2.33 bits per heavy atom. The first-order valence-corrected chi connectivity index (χ1v) is 5.18. The number of benzene rings is 1. The van der Waals surface area contributed by atoms with Crippen LogP contribution in [0.2, 0.25) is 10.0 Å². The Balaban J connectivity index is 2.82. The lowest BCUT2D eigenvalue weighted by molar-refractivity contribution is 1.12. The molecular weight excluding hydrogens is 231 g/mol. The van der Waals surface area contributed by atoms with Crippen molar-refractivity contribution < 1.29 is 0 Å². The maximum atomic E-state index is 5.82. The van der Waals surface area contributed by atoms with Crippen molar-refractivity contribution in [3.63, 3.8) is 0 Å². The third kappa shape index (κ3) is 3.09. The standard InChI is InChI=1S/C8H8Cl2S2/c9-6-2-1-5(3-7(6)10)4-8(11)12/h1-3,8,11-12H,4H2. The van der Waals surface area contributed by atoms with Gasteiger partial charge in [-0.15, -0.1) is 0 Å². The van der Waals surface area contributed by atoms with Crippen molar-refractivity contribution >= 4 is 48.5 Å². The Morgan fingerprint density at radius 1 is 1.17 bits per heavy atom. The van der Waals surface area contributed by atoms with Gasteiger partial charge in [0.25, 0.3) is 0 Å². The van der Waals surface area contributed by atoms with Gasteiger partial charge < -0.3 is 0 Å². The van der Waals surface area contributed by atoms with Crippen LogP contribution in [-0.2, 0) is 6.42 Å². The summed E-state index contributed by atoms with van der Waals surface area (Å²) in [5.41, 5.74) is 1.10. The lowest BCUT2D eigenvalue weighted by Gasteiger charge is -2.04. The van der Waals surface area contributed by atoms with Crippen molar-refractivity contribution in [1.29, 1.82) is 0 Å². The van der Waals surface area contributed by atoms with Gasteiger partial charge in [0.15, 0.2) is 0 Å². The zero-order valence-corrected chi connectivity index (χ0v) is 9.47.